The molecule has 1 amide bonds. The largest absolute Gasteiger partial charge is 0.457 e. The zero-order valence-corrected chi connectivity index (χ0v) is 22.7. The number of para-hydroxylation sites is 1. The number of anilines is 1. The maximum absolute atomic E-state index is 12.1. The van der Waals surface area contributed by atoms with Crippen molar-refractivity contribution >= 4 is 22.8 Å². The number of carbonyl (C=O) groups is 1. The summed E-state index contributed by atoms with van der Waals surface area (Å²) in [5.74, 6) is 9.48. The molecule has 2 fully saturated rings. The number of fused-ring (bicyclic) bond motifs is 1. The number of benzene rings is 2. The number of piperidine rings is 1. The van der Waals surface area contributed by atoms with Crippen molar-refractivity contribution in [1.29, 1.82) is 0 Å². The van der Waals surface area contributed by atoms with Crippen molar-refractivity contribution in [1.82, 2.24) is 19.4 Å². The first-order valence-corrected chi connectivity index (χ1v) is 14.0. The van der Waals surface area contributed by atoms with Crippen LogP contribution in [-0.4, -0.2) is 51.6 Å². The molecule has 2 aliphatic heterocycles. The minimum absolute atomic E-state index is 0.111. The molecule has 8 heteroatoms. The van der Waals surface area contributed by atoms with Crippen LogP contribution in [0, 0.1) is 17.8 Å². The summed E-state index contributed by atoms with van der Waals surface area (Å²) in [5, 5.41) is 0.804. The van der Waals surface area contributed by atoms with Crippen LogP contribution in [0.25, 0.3) is 22.2 Å². The normalized spacial score (nSPS) is 17.5. The number of rotatable bonds is 5. The highest BCUT2D eigenvalue weighted by atomic mass is 16.5. The number of nitrogens with two attached hydrogens (primary N) is 1. The number of nitrogens with zero attached hydrogens (tertiary/aromatic N) is 4. The molecule has 6 rings (SSSR count). The van der Waals surface area contributed by atoms with E-state index in [0.717, 1.165) is 71.7 Å². The van der Waals surface area contributed by atoms with Gasteiger partial charge in [0.15, 0.2) is 0 Å². The summed E-state index contributed by atoms with van der Waals surface area (Å²) in [5.41, 5.74) is 10.0. The maximum Gasteiger partial charge on any atom is 0.222 e. The van der Waals surface area contributed by atoms with E-state index in [9.17, 15) is 4.79 Å². The SMILES string of the molecule is CCC(=O)N1CCC(C#Cc2c(-c3ccc(Oc4ccccc4)cc3)c3c(N)ncnc3n2C2CCOC2)CC1. The molecule has 1 atom stereocenters. The van der Waals surface area contributed by atoms with Crippen LogP contribution in [0.1, 0.15) is 44.3 Å². The third-order valence-electron chi connectivity index (χ3n) is 7.75. The Kier molecular flexibility index (Phi) is 7.39. The molecular formula is C32H33N5O3. The van der Waals surface area contributed by atoms with E-state index in [2.05, 4.69) is 26.4 Å². The lowest BCUT2D eigenvalue weighted by Crippen LogP contribution is -2.37. The summed E-state index contributed by atoms with van der Waals surface area (Å²) in [6.07, 6.45) is 4.68. The Labute approximate surface area is 234 Å². The fraction of sp³-hybridized carbons (Fsp3) is 0.344. The molecule has 0 aliphatic carbocycles. The second kappa shape index (κ2) is 11.4. The van der Waals surface area contributed by atoms with Crippen LogP contribution in [0.2, 0.25) is 0 Å². The van der Waals surface area contributed by atoms with E-state index in [0.29, 0.717) is 25.5 Å². The number of likely N-dealkylation sites (tertiary alicyclic amines) is 1. The van der Waals surface area contributed by atoms with E-state index in [1.807, 2.05) is 66.4 Å². The van der Waals surface area contributed by atoms with Crippen molar-refractivity contribution in [3.05, 3.63) is 66.6 Å². The molecule has 0 saturated carbocycles. The number of amides is 1. The van der Waals surface area contributed by atoms with Gasteiger partial charge in [0.25, 0.3) is 0 Å². The minimum Gasteiger partial charge on any atom is -0.457 e. The van der Waals surface area contributed by atoms with E-state index < -0.39 is 0 Å². The standard InChI is InChI=1S/C32H33N5O3/c1-2-28(38)36-17-14-22(15-18-36)8-13-27-29(23-9-11-26(12-10-23)40-25-6-4-3-5-7-25)30-31(33)34-21-35-32(30)37(27)24-16-19-39-20-24/h3-7,9-12,21-22,24H,2,14-20H2,1H3,(H2,33,34,35). The van der Waals surface area contributed by atoms with Gasteiger partial charge < -0.3 is 24.7 Å². The zero-order valence-electron chi connectivity index (χ0n) is 22.7. The maximum atomic E-state index is 12.1. The first kappa shape index (κ1) is 25.9. The van der Waals surface area contributed by atoms with Gasteiger partial charge in [-0.1, -0.05) is 43.2 Å². The van der Waals surface area contributed by atoms with E-state index in [1.165, 1.54) is 6.33 Å². The van der Waals surface area contributed by atoms with Gasteiger partial charge in [0.2, 0.25) is 5.91 Å². The van der Waals surface area contributed by atoms with Gasteiger partial charge >= 0.3 is 0 Å². The highest BCUT2D eigenvalue weighted by Crippen LogP contribution is 2.40. The van der Waals surface area contributed by atoms with Gasteiger partial charge in [0, 0.05) is 37.6 Å². The lowest BCUT2D eigenvalue weighted by Gasteiger charge is -2.29. The zero-order chi connectivity index (χ0) is 27.5. The number of hydrogen-bond acceptors (Lipinski definition) is 6. The molecule has 2 aromatic carbocycles. The number of nitrogen functional groups attached to an aromatic ring is 1. The van der Waals surface area contributed by atoms with Crippen molar-refractivity contribution < 1.29 is 14.3 Å². The van der Waals surface area contributed by atoms with E-state index >= 15 is 0 Å². The average molecular weight is 536 g/mol. The lowest BCUT2D eigenvalue weighted by molar-refractivity contribution is -0.132. The molecule has 0 spiro atoms. The molecule has 4 heterocycles. The Morgan fingerprint density at radius 3 is 2.50 bits per heavy atom. The van der Waals surface area contributed by atoms with Crippen LogP contribution < -0.4 is 10.5 Å². The van der Waals surface area contributed by atoms with Crippen molar-refractivity contribution in [2.45, 2.75) is 38.6 Å². The summed E-state index contributed by atoms with van der Waals surface area (Å²) >= 11 is 0. The van der Waals surface area contributed by atoms with Crippen molar-refractivity contribution in [3.63, 3.8) is 0 Å². The molecule has 0 radical (unpaired) electrons. The highest BCUT2D eigenvalue weighted by Gasteiger charge is 2.28. The molecule has 2 N–H and O–H groups in total. The van der Waals surface area contributed by atoms with Crippen molar-refractivity contribution in [3.8, 4) is 34.5 Å². The predicted octanol–water partition coefficient (Wildman–Crippen LogP) is 5.43. The van der Waals surface area contributed by atoms with Gasteiger partial charge in [0.05, 0.1) is 18.0 Å². The Balaban J connectivity index is 1.41. The van der Waals surface area contributed by atoms with Crippen LogP contribution in [-0.2, 0) is 9.53 Å². The second-order valence-corrected chi connectivity index (χ2v) is 10.3. The molecule has 1 unspecified atom stereocenters. The molecule has 4 aromatic rings. The molecular weight excluding hydrogens is 502 g/mol. The first-order chi connectivity index (χ1) is 19.6. The molecule has 2 aromatic heterocycles. The van der Waals surface area contributed by atoms with E-state index in [-0.39, 0.29) is 17.9 Å². The fourth-order valence-corrected chi connectivity index (χ4v) is 5.62. The Bertz CT molecular complexity index is 1560. The Morgan fingerprint density at radius 2 is 1.80 bits per heavy atom. The summed E-state index contributed by atoms with van der Waals surface area (Å²) in [6.45, 7) is 4.71. The summed E-state index contributed by atoms with van der Waals surface area (Å²) in [4.78, 5) is 23.1. The number of hydrogen-bond donors (Lipinski definition) is 1. The third-order valence-corrected chi connectivity index (χ3v) is 7.75. The summed E-state index contributed by atoms with van der Waals surface area (Å²) in [7, 11) is 0. The lowest BCUT2D eigenvalue weighted by atomic mass is 9.96. The monoisotopic (exact) mass is 535 g/mol. The Hall–Kier alpha value is -4.35. The van der Waals surface area contributed by atoms with E-state index in [4.69, 9.17) is 15.2 Å². The minimum atomic E-state index is 0.111. The molecule has 2 saturated heterocycles. The summed E-state index contributed by atoms with van der Waals surface area (Å²) in [6, 6.07) is 17.8. The molecule has 204 valence electrons. The number of aromatic nitrogens is 3. The van der Waals surface area contributed by atoms with Crippen molar-refractivity contribution in [2.24, 2.45) is 5.92 Å². The van der Waals surface area contributed by atoms with Crippen LogP contribution in [0.5, 0.6) is 11.5 Å². The van der Waals surface area contributed by atoms with Crippen molar-refractivity contribution in [2.75, 3.05) is 32.0 Å². The predicted molar refractivity (Wildman–Crippen MR) is 155 cm³/mol. The van der Waals surface area contributed by atoms with Gasteiger partial charge in [-0.25, -0.2) is 9.97 Å². The topological polar surface area (TPSA) is 95.5 Å². The quantitative estimate of drug-likeness (QED) is 0.342. The molecule has 2 aliphatic rings. The van der Waals surface area contributed by atoms with E-state index in [1.54, 1.807) is 0 Å². The molecule has 40 heavy (non-hydrogen) atoms. The Morgan fingerprint density at radius 1 is 1.05 bits per heavy atom. The van der Waals surface area contributed by atoms with Gasteiger partial charge in [0.1, 0.15) is 35.0 Å². The highest BCUT2D eigenvalue weighted by molar-refractivity contribution is 6.03. The van der Waals surface area contributed by atoms with Gasteiger partial charge in [-0.05, 0) is 55.0 Å². The van der Waals surface area contributed by atoms with Gasteiger partial charge in [-0.3, -0.25) is 4.79 Å². The number of carbonyl (C=O) groups excluding carboxylic acids is 1. The second-order valence-electron chi connectivity index (χ2n) is 10.3. The fourth-order valence-electron chi connectivity index (χ4n) is 5.62. The van der Waals surface area contributed by atoms with Gasteiger partial charge in [-0.15, -0.1) is 0 Å². The number of ether oxygens (including phenoxy) is 2. The van der Waals surface area contributed by atoms with Crippen LogP contribution in [0.3, 0.4) is 0 Å². The average Bonchev–Trinajstić information content (AvgIpc) is 3.64. The van der Waals surface area contributed by atoms with Crippen LogP contribution in [0.15, 0.2) is 60.9 Å². The molecule has 8 nitrogen and oxygen atoms in total. The first-order valence-electron chi connectivity index (χ1n) is 14.0. The summed E-state index contributed by atoms with van der Waals surface area (Å²) < 4.78 is 14.0. The van der Waals surface area contributed by atoms with Crippen LogP contribution in [0.4, 0.5) is 5.82 Å². The van der Waals surface area contributed by atoms with Crippen LogP contribution >= 0.6 is 0 Å². The smallest absolute Gasteiger partial charge is 0.222 e. The third kappa shape index (κ3) is 5.13. The van der Waals surface area contributed by atoms with Gasteiger partial charge in [-0.2, -0.15) is 0 Å². The molecule has 0 bridgehead atoms.